The van der Waals surface area contributed by atoms with Crippen LogP contribution in [-0.4, -0.2) is 23.1 Å². The number of carbonyl (C=O) groups is 1. The van der Waals surface area contributed by atoms with E-state index in [2.05, 4.69) is 22.0 Å². The highest BCUT2D eigenvalue weighted by Gasteiger charge is 2.17. The maximum absolute atomic E-state index is 11.3. The van der Waals surface area contributed by atoms with Crippen molar-refractivity contribution in [2.24, 2.45) is 0 Å². The molecule has 0 aliphatic rings. The minimum atomic E-state index is -0.874. The van der Waals surface area contributed by atoms with Gasteiger partial charge in [0.25, 0.3) is 0 Å². The lowest BCUT2D eigenvalue weighted by molar-refractivity contribution is -0.136. The van der Waals surface area contributed by atoms with Crippen LogP contribution in [0.3, 0.4) is 0 Å². The number of pyridine rings is 1. The molecule has 0 fully saturated rings. The minimum absolute atomic E-state index is 0.0704. The van der Waals surface area contributed by atoms with Gasteiger partial charge < -0.3 is 10.0 Å². The fraction of sp³-hybridized carbons (Fsp3) is 0.200. The van der Waals surface area contributed by atoms with Crippen molar-refractivity contribution in [1.82, 2.24) is 4.98 Å². The lowest BCUT2D eigenvalue weighted by atomic mass is 10.0. The smallest absolute Gasteiger partial charge is 0.307 e. The maximum atomic E-state index is 11.3. The number of aryl methyl sites for hydroxylation is 1. The van der Waals surface area contributed by atoms with Crippen molar-refractivity contribution in [2.75, 3.05) is 11.9 Å². The van der Waals surface area contributed by atoms with E-state index >= 15 is 0 Å². The van der Waals surface area contributed by atoms with Crippen molar-refractivity contribution in [2.45, 2.75) is 19.9 Å². The summed E-state index contributed by atoms with van der Waals surface area (Å²) in [6, 6.07) is 13.8. The van der Waals surface area contributed by atoms with Gasteiger partial charge >= 0.3 is 5.97 Å². The van der Waals surface area contributed by atoms with Gasteiger partial charge in [-0.1, -0.05) is 41.9 Å². The number of carboxylic acids is 1. The molecule has 0 saturated carbocycles. The van der Waals surface area contributed by atoms with Crippen LogP contribution in [0, 0.1) is 6.92 Å². The molecule has 0 radical (unpaired) electrons. The van der Waals surface area contributed by atoms with E-state index in [1.165, 1.54) is 0 Å². The molecule has 1 N–H and O–H groups in total. The molecule has 0 bridgehead atoms. The molecule has 0 saturated heterocycles. The van der Waals surface area contributed by atoms with E-state index in [4.69, 9.17) is 11.6 Å². The highest BCUT2D eigenvalue weighted by molar-refractivity contribution is 6.32. The van der Waals surface area contributed by atoms with E-state index in [9.17, 15) is 9.90 Å². The molecule has 3 rings (SSSR count). The number of carboxylic acid groups (broad SMARTS) is 1. The zero-order chi connectivity index (χ0) is 18.0. The van der Waals surface area contributed by atoms with Gasteiger partial charge in [-0.25, -0.2) is 0 Å². The summed E-state index contributed by atoms with van der Waals surface area (Å²) in [5.74, 6) is -0.874. The molecule has 25 heavy (non-hydrogen) atoms. The van der Waals surface area contributed by atoms with Gasteiger partial charge in [0.15, 0.2) is 0 Å². The number of rotatable bonds is 5. The molecule has 0 aliphatic carbocycles. The number of benzene rings is 2. The molecular formula is C20H19ClN2O2. The molecule has 1 aromatic heterocycles. The van der Waals surface area contributed by atoms with E-state index < -0.39 is 5.97 Å². The van der Waals surface area contributed by atoms with Gasteiger partial charge in [-0.3, -0.25) is 9.78 Å². The Morgan fingerprint density at radius 3 is 2.60 bits per heavy atom. The Morgan fingerprint density at radius 2 is 1.92 bits per heavy atom. The Morgan fingerprint density at radius 1 is 1.20 bits per heavy atom. The summed E-state index contributed by atoms with van der Waals surface area (Å²) >= 11 is 6.23. The summed E-state index contributed by atoms with van der Waals surface area (Å²) in [5, 5.41) is 10.8. The first-order valence-corrected chi connectivity index (χ1v) is 8.38. The minimum Gasteiger partial charge on any atom is -0.481 e. The summed E-state index contributed by atoms with van der Waals surface area (Å²) in [6.45, 7) is 2.60. The second-order valence-electron chi connectivity index (χ2n) is 6.11. The monoisotopic (exact) mass is 354 g/mol. The zero-order valence-corrected chi connectivity index (χ0v) is 14.9. The fourth-order valence-corrected chi connectivity index (χ4v) is 3.24. The lowest BCUT2D eigenvalue weighted by Crippen LogP contribution is -2.20. The highest BCUT2D eigenvalue weighted by atomic mass is 35.5. The number of hydrogen-bond donors (Lipinski definition) is 1. The third-order valence-electron chi connectivity index (χ3n) is 4.26. The van der Waals surface area contributed by atoms with Gasteiger partial charge in [-0.15, -0.1) is 0 Å². The van der Waals surface area contributed by atoms with Gasteiger partial charge in [0.1, 0.15) is 0 Å². The summed E-state index contributed by atoms with van der Waals surface area (Å²) < 4.78 is 0. The van der Waals surface area contributed by atoms with Crippen molar-refractivity contribution in [3.05, 3.63) is 70.4 Å². The molecule has 0 amide bonds. The molecule has 0 atom stereocenters. The lowest BCUT2D eigenvalue weighted by Gasteiger charge is -2.24. The Hall–Kier alpha value is -2.59. The summed E-state index contributed by atoms with van der Waals surface area (Å²) in [4.78, 5) is 17.8. The second kappa shape index (κ2) is 7.11. The number of fused-ring (bicyclic) bond motifs is 1. The Kier molecular flexibility index (Phi) is 4.91. The number of hydrogen-bond acceptors (Lipinski definition) is 3. The molecule has 0 spiro atoms. The summed E-state index contributed by atoms with van der Waals surface area (Å²) in [6.07, 6.45) is 1.58. The Balaban J connectivity index is 2.14. The quantitative estimate of drug-likeness (QED) is 0.735. The molecular weight excluding hydrogens is 336 g/mol. The largest absolute Gasteiger partial charge is 0.481 e. The van der Waals surface area contributed by atoms with E-state index in [0.29, 0.717) is 17.1 Å². The summed E-state index contributed by atoms with van der Waals surface area (Å²) in [5.41, 5.74) is 4.44. The van der Waals surface area contributed by atoms with Gasteiger partial charge in [-0.05, 0) is 30.2 Å². The van der Waals surface area contributed by atoms with Crippen LogP contribution in [0.15, 0.2) is 48.7 Å². The number of anilines is 1. The van der Waals surface area contributed by atoms with Crippen molar-refractivity contribution in [3.8, 4) is 0 Å². The first kappa shape index (κ1) is 17.2. The van der Waals surface area contributed by atoms with Crippen LogP contribution in [0.5, 0.6) is 0 Å². The van der Waals surface area contributed by atoms with Crippen molar-refractivity contribution < 1.29 is 9.90 Å². The predicted octanol–water partition coefficient (Wildman–Crippen LogP) is 4.46. The number of halogens is 1. The number of nitrogens with zero attached hydrogens (tertiary/aromatic N) is 2. The molecule has 4 nitrogen and oxygen atoms in total. The Bertz CT molecular complexity index is 926. The fourth-order valence-electron chi connectivity index (χ4n) is 3.09. The van der Waals surface area contributed by atoms with Crippen LogP contribution in [-0.2, 0) is 17.8 Å². The molecule has 0 aliphatic heterocycles. The van der Waals surface area contributed by atoms with Crippen molar-refractivity contribution in [3.63, 3.8) is 0 Å². The van der Waals surface area contributed by atoms with Crippen LogP contribution in [0.1, 0.15) is 16.7 Å². The zero-order valence-electron chi connectivity index (χ0n) is 14.2. The Labute approximate surface area is 151 Å². The molecule has 3 aromatic rings. The van der Waals surface area contributed by atoms with Crippen LogP contribution in [0.2, 0.25) is 5.02 Å². The van der Waals surface area contributed by atoms with E-state index in [0.717, 1.165) is 27.7 Å². The van der Waals surface area contributed by atoms with Crippen LogP contribution in [0.4, 0.5) is 5.69 Å². The van der Waals surface area contributed by atoms with Gasteiger partial charge in [0, 0.05) is 35.8 Å². The normalized spacial score (nSPS) is 10.8. The number of aliphatic carboxylic acids is 1. The van der Waals surface area contributed by atoms with Gasteiger partial charge in [0.05, 0.1) is 17.6 Å². The molecule has 5 heteroatoms. The van der Waals surface area contributed by atoms with Crippen LogP contribution >= 0.6 is 11.6 Å². The predicted molar refractivity (Wildman–Crippen MR) is 101 cm³/mol. The highest BCUT2D eigenvalue weighted by Crippen LogP contribution is 2.34. The molecule has 1 heterocycles. The third-order valence-corrected chi connectivity index (χ3v) is 4.67. The van der Waals surface area contributed by atoms with E-state index in [1.54, 1.807) is 6.20 Å². The first-order chi connectivity index (χ1) is 12.0. The maximum Gasteiger partial charge on any atom is 0.307 e. The molecule has 2 aromatic carbocycles. The molecule has 0 unspecified atom stereocenters. The van der Waals surface area contributed by atoms with Crippen molar-refractivity contribution in [1.29, 1.82) is 0 Å². The second-order valence-corrected chi connectivity index (χ2v) is 6.52. The van der Waals surface area contributed by atoms with Gasteiger partial charge in [-0.2, -0.15) is 0 Å². The third kappa shape index (κ3) is 3.59. The average Bonchev–Trinajstić information content (AvgIpc) is 2.58. The van der Waals surface area contributed by atoms with Gasteiger partial charge in [0.2, 0.25) is 0 Å². The van der Waals surface area contributed by atoms with Crippen LogP contribution in [0.25, 0.3) is 10.9 Å². The van der Waals surface area contributed by atoms with Crippen LogP contribution < -0.4 is 4.90 Å². The SMILES string of the molecule is Cc1c(Cl)ccc2c(N(C)Cc3ccccc3)c(CC(=O)O)cnc12. The first-order valence-electron chi connectivity index (χ1n) is 8.01. The summed E-state index contributed by atoms with van der Waals surface area (Å²) in [7, 11) is 1.97. The molecule has 128 valence electrons. The average molecular weight is 355 g/mol. The topological polar surface area (TPSA) is 53.4 Å². The number of aromatic nitrogens is 1. The van der Waals surface area contributed by atoms with E-state index in [-0.39, 0.29) is 6.42 Å². The van der Waals surface area contributed by atoms with Crippen molar-refractivity contribution >= 4 is 34.2 Å². The van der Waals surface area contributed by atoms with E-state index in [1.807, 2.05) is 44.3 Å². The standard InChI is InChI=1S/C20H19ClN2O2/c1-13-17(21)9-8-16-19(13)22-11-15(10-18(24)25)20(16)23(2)12-14-6-4-3-5-7-14/h3-9,11H,10,12H2,1-2H3,(H,24,25).